The SMILES string of the molecule is OC1(Cl)CC=CC2=C1C1CCC2c2ccccc21. The van der Waals surface area contributed by atoms with Gasteiger partial charge in [0.15, 0.2) is 5.06 Å². The van der Waals surface area contributed by atoms with Crippen LogP contribution in [0.3, 0.4) is 0 Å². The summed E-state index contributed by atoms with van der Waals surface area (Å²) in [6.45, 7) is 0. The van der Waals surface area contributed by atoms with Gasteiger partial charge in [-0.2, -0.15) is 0 Å². The van der Waals surface area contributed by atoms with Gasteiger partial charge in [0.1, 0.15) is 0 Å². The highest BCUT2D eigenvalue weighted by molar-refractivity contribution is 6.25. The molecule has 1 aromatic carbocycles. The van der Waals surface area contributed by atoms with Gasteiger partial charge in [0.2, 0.25) is 0 Å². The molecule has 2 bridgehead atoms. The Kier molecular flexibility index (Phi) is 2.10. The fourth-order valence-electron chi connectivity index (χ4n) is 3.95. The number of halogens is 1. The largest absolute Gasteiger partial charge is 0.371 e. The quantitative estimate of drug-likeness (QED) is 0.701. The van der Waals surface area contributed by atoms with Gasteiger partial charge in [-0.15, -0.1) is 0 Å². The molecule has 92 valence electrons. The number of benzene rings is 1. The number of fused-ring (bicyclic) bond motifs is 1. The number of alkyl halides is 1. The van der Waals surface area contributed by atoms with E-state index in [-0.39, 0.29) is 0 Å². The van der Waals surface area contributed by atoms with Crippen LogP contribution in [-0.4, -0.2) is 10.2 Å². The average Bonchev–Trinajstić information content (AvgIpc) is 2.39. The van der Waals surface area contributed by atoms with E-state index in [0.29, 0.717) is 18.3 Å². The summed E-state index contributed by atoms with van der Waals surface area (Å²) >= 11 is 6.35. The van der Waals surface area contributed by atoms with E-state index in [9.17, 15) is 5.11 Å². The normalized spacial score (nSPS) is 36.6. The van der Waals surface area contributed by atoms with Crippen LogP contribution in [0.2, 0.25) is 0 Å². The third-order valence-corrected chi connectivity index (χ3v) is 4.98. The summed E-state index contributed by atoms with van der Waals surface area (Å²) in [5.41, 5.74) is 5.16. The summed E-state index contributed by atoms with van der Waals surface area (Å²) in [6, 6.07) is 8.62. The minimum atomic E-state index is -1.17. The third kappa shape index (κ3) is 1.27. The molecule has 0 radical (unpaired) electrons. The summed E-state index contributed by atoms with van der Waals surface area (Å²) < 4.78 is 0. The Hall–Kier alpha value is -1.05. The van der Waals surface area contributed by atoms with Crippen LogP contribution in [0.25, 0.3) is 0 Å². The van der Waals surface area contributed by atoms with Crippen LogP contribution in [0, 0.1) is 0 Å². The molecule has 1 aromatic rings. The van der Waals surface area contributed by atoms with Gasteiger partial charge in [0, 0.05) is 18.3 Å². The summed E-state index contributed by atoms with van der Waals surface area (Å²) in [4.78, 5) is 0. The van der Waals surface area contributed by atoms with Gasteiger partial charge in [-0.05, 0) is 35.1 Å². The molecule has 1 N–H and O–H groups in total. The zero-order valence-electron chi connectivity index (χ0n) is 10.1. The van der Waals surface area contributed by atoms with E-state index >= 15 is 0 Å². The standard InChI is InChI=1S/C16H15ClO/c17-16(18)9-3-6-13-12-7-8-14(15(13)16)11-5-2-1-4-10(11)12/h1-6,12,14,18H,7-9H2. The minimum absolute atomic E-state index is 0.314. The van der Waals surface area contributed by atoms with E-state index in [1.54, 1.807) is 0 Å². The number of allylic oxidation sites excluding steroid dienone is 2. The van der Waals surface area contributed by atoms with Crippen molar-refractivity contribution in [3.63, 3.8) is 0 Å². The van der Waals surface area contributed by atoms with Crippen molar-refractivity contribution in [3.8, 4) is 0 Å². The Bertz CT molecular complexity index is 583. The van der Waals surface area contributed by atoms with Gasteiger partial charge in [-0.1, -0.05) is 48.0 Å². The van der Waals surface area contributed by atoms with Crippen LogP contribution in [0.5, 0.6) is 0 Å². The van der Waals surface area contributed by atoms with E-state index in [2.05, 4.69) is 30.3 Å². The summed E-state index contributed by atoms with van der Waals surface area (Å²) in [5, 5.41) is 9.31. The second-order valence-corrected chi connectivity index (χ2v) is 6.17. The van der Waals surface area contributed by atoms with Gasteiger partial charge < -0.3 is 5.11 Å². The molecule has 1 nitrogen and oxygen atoms in total. The first-order chi connectivity index (χ1) is 8.68. The molecule has 0 heterocycles. The van der Waals surface area contributed by atoms with Crippen molar-refractivity contribution in [1.29, 1.82) is 0 Å². The van der Waals surface area contributed by atoms with E-state index in [4.69, 9.17) is 11.6 Å². The van der Waals surface area contributed by atoms with Crippen molar-refractivity contribution in [2.75, 3.05) is 0 Å². The molecule has 0 spiro atoms. The van der Waals surface area contributed by atoms with E-state index in [1.807, 2.05) is 6.08 Å². The first-order valence-corrected chi connectivity index (χ1v) is 6.97. The van der Waals surface area contributed by atoms with Crippen LogP contribution in [-0.2, 0) is 0 Å². The first kappa shape index (κ1) is 10.8. The van der Waals surface area contributed by atoms with Gasteiger partial charge >= 0.3 is 0 Å². The molecule has 0 saturated carbocycles. The van der Waals surface area contributed by atoms with Crippen molar-refractivity contribution in [2.24, 2.45) is 0 Å². The lowest BCUT2D eigenvalue weighted by molar-refractivity contribution is 0.153. The van der Waals surface area contributed by atoms with Crippen molar-refractivity contribution in [2.45, 2.75) is 36.2 Å². The maximum atomic E-state index is 10.5. The Morgan fingerprint density at radius 1 is 1.11 bits per heavy atom. The van der Waals surface area contributed by atoms with Gasteiger partial charge in [-0.25, -0.2) is 0 Å². The predicted octanol–water partition coefficient (Wildman–Crippen LogP) is 3.85. The minimum Gasteiger partial charge on any atom is -0.371 e. The molecule has 4 aliphatic carbocycles. The number of aliphatic hydroxyl groups is 1. The number of hydrogen-bond donors (Lipinski definition) is 1. The molecule has 0 saturated heterocycles. The summed E-state index contributed by atoms with van der Waals surface area (Å²) in [7, 11) is 0. The van der Waals surface area contributed by atoms with Crippen molar-refractivity contribution in [1.82, 2.24) is 0 Å². The molecule has 2 heteroatoms. The molecule has 18 heavy (non-hydrogen) atoms. The fraction of sp³-hybridized carbons (Fsp3) is 0.375. The molecule has 0 fully saturated rings. The molecule has 3 atom stereocenters. The van der Waals surface area contributed by atoms with Crippen molar-refractivity contribution < 1.29 is 5.11 Å². The maximum Gasteiger partial charge on any atom is 0.164 e. The lowest BCUT2D eigenvalue weighted by Gasteiger charge is -2.46. The lowest BCUT2D eigenvalue weighted by Crippen LogP contribution is -2.37. The molecule has 3 unspecified atom stereocenters. The Morgan fingerprint density at radius 2 is 1.78 bits per heavy atom. The van der Waals surface area contributed by atoms with E-state index in [0.717, 1.165) is 12.0 Å². The second kappa shape index (κ2) is 3.49. The molecular formula is C16H15ClO. The Morgan fingerprint density at radius 3 is 2.56 bits per heavy atom. The fourth-order valence-corrected chi connectivity index (χ4v) is 4.28. The highest BCUT2D eigenvalue weighted by Crippen LogP contribution is 2.57. The van der Waals surface area contributed by atoms with Gasteiger partial charge in [0.25, 0.3) is 0 Å². The van der Waals surface area contributed by atoms with Crippen LogP contribution in [0.4, 0.5) is 0 Å². The molecule has 0 aliphatic heterocycles. The summed E-state index contributed by atoms with van der Waals surface area (Å²) in [5.74, 6) is 0.747. The topological polar surface area (TPSA) is 20.2 Å². The number of rotatable bonds is 0. The third-order valence-electron chi connectivity index (χ3n) is 4.62. The predicted molar refractivity (Wildman–Crippen MR) is 72.7 cm³/mol. The maximum absolute atomic E-state index is 10.5. The van der Waals surface area contributed by atoms with Gasteiger partial charge in [-0.3, -0.25) is 0 Å². The second-order valence-electron chi connectivity index (χ2n) is 5.55. The van der Waals surface area contributed by atoms with Crippen LogP contribution in [0.1, 0.15) is 42.2 Å². The molecule has 5 rings (SSSR count). The number of hydrogen-bond acceptors (Lipinski definition) is 1. The van der Waals surface area contributed by atoms with E-state index in [1.165, 1.54) is 23.1 Å². The monoisotopic (exact) mass is 258 g/mol. The lowest BCUT2D eigenvalue weighted by atomic mass is 9.61. The van der Waals surface area contributed by atoms with Crippen molar-refractivity contribution in [3.05, 3.63) is 58.7 Å². The summed E-state index contributed by atoms with van der Waals surface area (Å²) in [6.07, 6.45) is 7.01. The highest BCUT2D eigenvalue weighted by atomic mass is 35.5. The highest BCUT2D eigenvalue weighted by Gasteiger charge is 2.46. The Labute approximate surface area is 112 Å². The average molecular weight is 259 g/mol. The van der Waals surface area contributed by atoms with Gasteiger partial charge in [0.05, 0.1) is 0 Å². The molecule has 4 aliphatic rings. The zero-order valence-corrected chi connectivity index (χ0v) is 10.8. The zero-order chi connectivity index (χ0) is 12.3. The van der Waals surface area contributed by atoms with Crippen molar-refractivity contribution >= 4 is 11.6 Å². The molecule has 0 aromatic heterocycles. The van der Waals surface area contributed by atoms with Crippen LogP contribution < -0.4 is 0 Å². The van der Waals surface area contributed by atoms with E-state index < -0.39 is 5.06 Å². The van der Waals surface area contributed by atoms with Crippen LogP contribution in [0.15, 0.2) is 47.6 Å². The van der Waals surface area contributed by atoms with Crippen LogP contribution >= 0.6 is 11.6 Å². The molecule has 0 amide bonds. The molecular weight excluding hydrogens is 244 g/mol. The first-order valence-electron chi connectivity index (χ1n) is 6.59. The smallest absolute Gasteiger partial charge is 0.164 e. The Balaban J connectivity index is 1.98.